The first kappa shape index (κ1) is 12.1. The fraction of sp³-hybridized carbons (Fsp3) is 0.667. The molecule has 2 heterocycles. The third kappa shape index (κ3) is 2.20. The number of hydrogen-bond acceptors (Lipinski definition) is 5. The van der Waals surface area contributed by atoms with E-state index in [1.165, 1.54) is 0 Å². The maximum atomic E-state index is 11.0. The fourth-order valence-electron chi connectivity index (χ4n) is 2.18. The molecule has 5 heteroatoms. The largest absolute Gasteiger partial charge is 0.482 e. The van der Waals surface area contributed by atoms with Crippen LogP contribution in [0, 0.1) is 0 Å². The second-order valence-electron chi connectivity index (χ2n) is 4.98. The highest BCUT2D eigenvalue weighted by Gasteiger charge is 2.34. The van der Waals surface area contributed by atoms with E-state index in [0.29, 0.717) is 0 Å². The highest BCUT2D eigenvalue weighted by Crippen LogP contribution is 2.24. The van der Waals surface area contributed by atoms with Crippen LogP contribution in [0.4, 0.5) is 0 Å². The average Bonchev–Trinajstić information content (AvgIpc) is 2.29. The van der Waals surface area contributed by atoms with Gasteiger partial charge in [-0.15, -0.1) is 0 Å². The van der Waals surface area contributed by atoms with Gasteiger partial charge >= 0.3 is 0 Å². The SMILES string of the molecule is CC(C)(C=O)N1CCN(C2=COC2C=O)CC1. The molecule has 0 aromatic carbocycles. The molecule has 1 atom stereocenters. The van der Waals surface area contributed by atoms with Crippen LogP contribution in [0.2, 0.25) is 0 Å². The number of piperazine rings is 1. The Morgan fingerprint density at radius 1 is 1.29 bits per heavy atom. The molecular formula is C12H18N2O3. The van der Waals surface area contributed by atoms with Crippen molar-refractivity contribution >= 4 is 12.6 Å². The van der Waals surface area contributed by atoms with Crippen molar-refractivity contribution in [2.45, 2.75) is 25.5 Å². The lowest BCUT2D eigenvalue weighted by atomic mass is 10.0. The van der Waals surface area contributed by atoms with Gasteiger partial charge in [-0.05, 0) is 13.8 Å². The molecule has 1 saturated heterocycles. The summed E-state index contributed by atoms with van der Waals surface area (Å²) >= 11 is 0. The van der Waals surface area contributed by atoms with Crippen molar-refractivity contribution in [3.63, 3.8) is 0 Å². The molecule has 0 saturated carbocycles. The lowest BCUT2D eigenvalue weighted by Crippen LogP contribution is -2.56. The van der Waals surface area contributed by atoms with Crippen molar-refractivity contribution < 1.29 is 14.3 Å². The third-order valence-corrected chi connectivity index (χ3v) is 3.50. The lowest BCUT2D eigenvalue weighted by Gasteiger charge is -2.44. The van der Waals surface area contributed by atoms with Crippen LogP contribution in [0.25, 0.3) is 0 Å². The predicted molar refractivity (Wildman–Crippen MR) is 62.3 cm³/mol. The van der Waals surface area contributed by atoms with Crippen molar-refractivity contribution in [3.05, 3.63) is 12.0 Å². The van der Waals surface area contributed by atoms with E-state index in [9.17, 15) is 9.59 Å². The van der Waals surface area contributed by atoms with E-state index in [1.807, 2.05) is 13.8 Å². The molecule has 0 radical (unpaired) electrons. The van der Waals surface area contributed by atoms with Gasteiger partial charge in [0.1, 0.15) is 12.5 Å². The Labute approximate surface area is 101 Å². The smallest absolute Gasteiger partial charge is 0.195 e. The Morgan fingerprint density at radius 3 is 2.35 bits per heavy atom. The van der Waals surface area contributed by atoms with E-state index in [-0.39, 0.29) is 6.10 Å². The van der Waals surface area contributed by atoms with Crippen LogP contribution in [0.5, 0.6) is 0 Å². The Balaban J connectivity index is 1.91. The molecule has 2 aliphatic rings. The van der Waals surface area contributed by atoms with Gasteiger partial charge in [0.2, 0.25) is 0 Å². The van der Waals surface area contributed by atoms with Crippen LogP contribution in [0.15, 0.2) is 12.0 Å². The number of carbonyl (C=O) groups excluding carboxylic acids is 2. The molecule has 0 N–H and O–H groups in total. The number of ether oxygens (including phenoxy) is 1. The van der Waals surface area contributed by atoms with Gasteiger partial charge in [0.25, 0.3) is 0 Å². The van der Waals surface area contributed by atoms with Gasteiger partial charge in [0.05, 0.1) is 11.2 Å². The second kappa shape index (κ2) is 4.49. The monoisotopic (exact) mass is 238 g/mol. The number of rotatable bonds is 4. The van der Waals surface area contributed by atoms with Crippen LogP contribution in [-0.4, -0.2) is 60.2 Å². The first-order valence-electron chi connectivity index (χ1n) is 5.85. The molecule has 1 unspecified atom stereocenters. The Hall–Kier alpha value is -1.36. The summed E-state index contributed by atoms with van der Waals surface area (Å²) in [4.78, 5) is 25.9. The van der Waals surface area contributed by atoms with Crippen molar-refractivity contribution in [2.75, 3.05) is 26.2 Å². The van der Waals surface area contributed by atoms with Crippen LogP contribution < -0.4 is 0 Å². The zero-order chi connectivity index (χ0) is 12.5. The van der Waals surface area contributed by atoms with E-state index in [0.717, 1.165) is 44.4 Å². The zero-order valence-corrected chi connectivity index (χ0v) is 10.3. The van der Waals surface area contributed by atoms with Crippen molar-refractivity contribution in [2.24, 2.45) is 0 Å². The molecule has 0 aromatic heterocycles. The van der Waals surface area contributed by atoms with Gasteiger partial charge in [0, 0.05) is 26.2 Å². The van der Waals surface area contributed by atoms with E-state index in [2.05, 4.69) is 9.80 Å². The van der Waals surface area contributed by atoms with Crippen LogP contribution in [0.3, 0.4) is 0 Å². The summed E-state index contributed by atoms with van der Waals surface area (Å²) in [6, 6.07) is 0. The van der Waals surface area contributed by atoms with Gasteiger partial charge in [-0.2, -0.15) is 0 Å². The summed E-state index contributed by atoms with van der Waals surface area (Å²) < 4.78 is 5.02. The summed E-state index contributed by atoms with van der Waals surface area (Å²) in [6.45, 7) is 7.17. The Bertz CT molecular complexity index is 344. The summed E-state index contributed by atoms with van der Waals surface area (Å²) in [5.41, 5.74) is 0.559. The maximum absolute atomic E-state index is 11.0. The summed E-state index contributed by atoms with van der Waals surface area (Å²) in [7, 11) is 0. The second-order valence-corrected chi connectivity index (χ2v) is 4.98. The maximum Gasteiger partial charge on any atom is 0.195 e. The molecule has 0 bridgehead atoms. The van der Waals surface area contributed by atoms with Crippen LogP contribution in [-0.2, 0) is 14.3 Å². The minimum atomic E-state index is -0.402. The van der Waals surface area contributed by atoms with Crippen molar-refractivity contribution in [3.8, 4) is 0 Å². The molecule has 2 rings (SSSR count). The fourth-order valence-corrected chi connectivity index (χ4v) is 2.18. The van der Waals surface area contributed by atoms with Gasteiger partial charge < -0.3 is 14.4 Å². The first-order valence-corrected chi connectivity index (χ1v) is 5.85. The van der Waals surface area contributed by atoms with Crippen molar-refractivity contribution in [1.29, 1.82) is 0 Å². The molecule has 1 fully saturated rings. The Kier molecular flexibility index (Phi) is 3.19. The molecule has 0 spiro atoms. The molecule has 94 valence electrons. The number of carbonyl (C=O) groups is 2. The average molecular weight is 238 g/mol. The van der Waals surface area contributed by atoms with Crippen LogP contribution >= 0.6 is 0 Å². The number of nitrogens with zero attached hydrogens (tertiary/aromatic N) is 2. The first-order chi connectivity index (χ1) is 8.08. The summed E-state index contributed by atoms with van der Waals surface area (Å²) in [5, 5.41) is 0. The standard InChI is InChI=1S/C12H18N2O3/c1-12(2,9-16)14-5-3-13(4-6-14)10-8-17-11(10)7-15/h7-9,11H,3-6H2,1-2H3. The quantitative estimate of drug-likeness (QED) is 0.646. The van der Waals surface area contributed by atoms with E-state index in [4.69, 9.17) is 4.74 Å². The normalized spacial score (nSPS) is 25.6. The summed E-state index contributed by atoms with van der Waals surface area (Å²) in [5.74, 6) is 0. The zero-order valence-electron chi connectivity index (χ0n) is 10.3. The third-order valence-electron chi connectivity index (χ3n) is 3.50. The summed E-state index contributed by atoms with van der Waals surface area (Å²) in [6.07, 6.45) is 3.06. The minimum Gasteiger partial charge on any atom is -0.482 e. The predicted octanol–water partition coefficient (Wildman–Crippen LogP) is 0.0206. The van der Waals surface area contributed by atoms with Gasteiger partial charge in [0.15, 0.2) is 12.4 Å². The lowest BCUT2D eigenvalue weighted by molar-refractivity contribution is -0.118. The van der Waals surface area contributed by atoms with Gasteiger partial charge in [-0.25, -0.2) is 0 Å². The molecule has 5 nitrogen and oxygen atoms in total. The highest BCUT2D eigenvalue weighted by molar-refractivity contribution is 5.64. The minimum absolute atomic E-state index is 0.388. The molecule has 17 heavy (non-hydrogen) atoms. The number of aldehydes is 2. The topological polar surface area (TPSA) is 49.9 Å². The van der Waals surface area contributed by atoms with Gasteiger partial charge in [-0.1, -0.05) is 0 Å². The molecule has 0 aliphatic carbocycles. The molecule has 0 amide bonds. The molecule has 0 aromatic rings. The Morgan fingerprint density at radius 2 is 1.94 bits per heavy atom. The molecule has 2 aliphatic heterocycles. The van der Waals surface area contributed by atoms with Crippen LogP contribution in [0.1, 0.15) is 13.8 Å². The van der Waals surface area contributed by atoms with E-state index < -0.39 is 5.54 Å². The van der Waals surface area contributed by atoms with Crippen molar-refractivity contribution in [1.82, 2.24) is 9.80 Å². The molecular weight excluding hydrogens is 220 g/mol. The van der Waals surface area contributed by atoms with E-state index >= 15 is 0 Å². The number of hydrogen-bond donors (Lipinski definition) is 0. The highest BCUT2D eigenvalue weighted by atomic mass is 16.5. The van der Waals surface area contributed by atoms with E-state index in [1.54, 1.807) is 6.26 Å². The van der Waals surface area contributed by atoms with Gasteiger partial charge in [-0.3, -0.25) is 9.69 Å².